The average Bonchev–Trinajstić information content (AvgIpc) is 2.92. The Hall–Kier alpha value is -2.69. The predicted molar refractivity (Wildman–Crippen MR) is 89.0 cm³/mol. The lowest BCUT2D eigenvalue weighted by Crippen LogP contribution is -2.09. The maximum Gasteiger partial charge on any atom is 0.354 e. The second-order valence-corrected chi connectivity index (χ2v) is 5.63. The molecule has 3 rings (SSSR count). The number of carboxylic acids is 1. The van der Waals surface area contributed by atoms with Gasteiger partial charge < -0.3 is 10.1 Å². The summed E-state index contributed by atoms with van der Waals surface area (Å²) in [5.41, 5.74) is 1.63. The van der Waals surface area contributed by atoms with Gasteiger partial charge in [-0.15, -0.1) is 0 Å². The maximum absolute atomic E-state index is 12.5. The highest BCUT2D eigenvalue weighted by atomic mass is 16.4. The van der Waals surface area contributed by atoms with Gasteiger partial charge in [0.1, 0.15) is 11.4 Å². The van der Waals surface area contributed by atoms with Crippen LogP contribution >= 0.6 is 0 Å². The molecule has 118 valence electrons. The van der Waals surface area contributed by atoms with Crippen molar-refractivity contribution in [1.82, 2.24) is 9.97 Å². The molecule has 0 radical (unpaired) electrons. The van der Waals surface area contributed by atoms with Crippen LogP contribution in [0.25, 0.3) is 21.8 Å². The molecule has 0 fully saturated rings. The van der Waals surface area contributed by atoms with Crippen molar-refractivity contribution in [2.24, 2.45) is 0 Å². The van der Waals surface area contributed by atoms with E-state index in [1.807, 2.05) is 24.3 Å². The number of para-hydroxylation sites is 1. The van der Waals surface area contributed by atoms with E-state index < -0.39 is 5.97 Å². The Labute approximate surface area is 133 Å². The van der Waals surface area contributed by atoms with Gasteiger partial charge in [0.05, 0.1) is 5.52 Å². The number of H-pyrrole nitrogens is 1. The summed E-state index contributed by atoms with van der Waals surface area (Å²) in [6.07, 6.45) is 3.17. The van der Waals surface area contributed by atoms with Crippen molar-refractivity contribution in [3.05, 3.63) is 41.7 Å². The van der Waals surface area contributed by atoms with Crippen molar-refractivity contribution in [2.45, 2.75) is 32.6 Å². The van der Waals surface area contributed by atoms with E-state index >= 15 is 0 Å². The number of rotatable bonds is 6. The quantitative estimate of drug-likeness (QED) is 0.528. The van der Waals surface area contributed by atoms with E-state index in [-0.39, 0.29) is 17.2 Å². The van der Waals surface area contributed by atoms with Gasteiger partial charge in [-0.1, -0.05) is 38.0 Å². The molecule has 0 unspecified atom stereocenters. The van der Waals surface area contributed by atoms with E-state index in [9.17, 15) is 14.7 Å². The molecule has 5 nitrogen and oxygen atoms in total. The Morgan fingerprint density at radius 1 is 1.17 bits per heavy atom. The number of hydrogen-bond acceptors (Lipinski definition) is 3. The SMILES string of the molecule is CCCCCC(=O)c1nc(C(=O)O)cc2c1[nH]c1ccccc12. The van der Waals surface area contributed by atoms with Crippen LogP contribution in [-0.2, 0) is 0 Å². The topological polar surface area (TPSA) is 83.1 Å². The zero-order chi connectivity index (χ0) is 16.4. The van der Waals surface area contributed by atoms with Gasteiger partial charge in [0.25, 0.3) is 0 Å². The van der Waals surface area contributed by atoms with Crippen molar-refractivity contribution in [3.8, 4) is 0 Å². The molecule has 2 heterocycles. The van der Waals surface area contributed by atoms with Gasteiger partial charge in [0.15, 0.2) is 5.78 Å². The van der Waals surface area contributed by atoms with E-state index in [0.29, 0.717) is 11.9 Å². The van der Waals surface area contributed by atoms with E-state index in [1.165, 1.54) is 6.07 Å². The molecule has 0 spiro atoms. The largest absolute Gasteiger partial charge is 0.477 e. The summed E-state index contributed by atoms with van der Waals surface area (Å²) in [4.78, 5) is 31.2. The third-order valence-corrected chi connectivity index (χ3v) is 3.99. The van der Waals surface area contributed by atoms with E-state index in [4.69, 9.17) is 0 Å². The molecule has 0 atom stereocenters. The van der Waals surface area contributed by atoms with E-state index in [1.54, 1.807) is 0 Å². The second-order valence-electron chi connectivity index (χ2n) is 5.63. The molecule has 0 aliphatic heterocycles. The minimum atomic E-state index is -1.13. The molecular formula is C18H18N2O3. The number of ketones is 1. The molecule has 2 aromatic heterocycles. The number of aromatic nitrogens is 2. The Morgan fingerprint density at radius 2 is 1.96 bits per heavy atom. The molecule has 0 aliphatic carbocycles. The minimum absolute atomic E-state index is 0.0962. The number of Topliss-reactive ketones (excluding diaryl/α,β-unsaturated/α-hetero) is 1. The minimum Gasteiger partial charge on any atom is -0.477 e. The first-order chi connectivity index (χ1) is 11.1. The molecule has 0 saturated heterocycles. The van der Waals surface area contributed by atoms with Gasteiger partial charge in [-0.2, -0.15) is 0 Å². The number of nitrogens with zero attached hydrogens (tertiary/aromatic N) is 1. The number of nitrogens with one attached hydrogen (secondary N) is 1. The van der Waals surface area contributed by atoms with Gasteiger partial charge in [-0.05, 0) is 18.6 Å². The Kier molecular flexibility index (Phi) is 4.10. The van der Waals surface area contributed by atoms with Crippen LogP contribution in [0, 0.1) is 0 Å². The van der Waals surface area contributed by atoms with E-state index in [0.717, 1.165) is 35.6 Å². The van der Waals surface area contributed by atoms with Crippen LogP contribution in [0.2, 0.25) is 0 Å². The number of benzene rings is 1. The molecule has 23 heavy (non-hydrogen) atoms. The first kappa shape index (κ1) is 15.2. The summed E-state index contributed by atoms with van der Waals surface area (Å²) in [7, 11) is 0. The van der Waals surface area contributed by atoms with Crippen LogP contribution in [0.15, 0.2) is 30.3 Å². The maximum atomic E-state index is 12.5. The van der Waals surface area contributed by atoms with Crippen LogP contribution in [0.4, 0.5) is 0 Å². The number of carbonyl (C=O) groups is 2. The predicted octanol–water partition coefficient (Wildman–Crippen LogP) is 4.18. The molecule has 1 aromatic carbocycles. The monoisotopic (exact) mass is 310 g/mol. The molecule has 0 amide bonds. The van der Waals surface area contributed by atoms with Gasteiger partial charge in [0.2, 0.25) is 0 Å². The molecule has 0 saturated carbocycles. The van der Waals surface area contributed by atoms with Crippen LogP contribution in [0.3, 0.4) is 0 Å². The summed E-state index contributed by atoms with van der Waals surface area (Å²) < 4.78 is 0. The molecule has 5 heteroatoms. The van der Waals surface area contributed by atoms with Gasteiger partial charge in [-0.25, -0.2) is 9.78 Å². The smallest absolute Gasteiger partial charge is 0.354 e. The lowest BCUT2D eigenvalue weighted by molar-refractivity contribution is 0.0690. The molecule has 0 bridgehead atoms. The summed E-state index contributed by atoms with van der Waals surface area (Å²) in [5.74, 6) is -1.24. The summed E-state index contributed by atoms with van der Waals surface area (Å²) >= 11 is 0. The first-order valence-corrected chi connectivity index (χ1v) is 7.79. The fourth-order valence-electron chi connectivity index (χ4n) is 2.81. The highest BCUT2D eigenvalue weighted by molar-refractivity contribution is 6.15. The number of hydrogen-bond donors (Lipinski definition) is 2. The third-order valence-electron chi connectivity index (χ3n) is 3.99. The standard InChI is InChI=1S/C18H18N2O3/c1-2-3-4-9-15(21)17-16-12(10-14(20-17)18(22)23)11-7-5-6-8-13(11)19-16/h5-8,10,19H,2-4,9H2,1H3,(H,22,23). The molecule has 0 aliphatic rings. The van der Waals surface area contributed by atoms with Crippen molar-refractivity contribution in [1.29, 1.82) is 0 Å². The Balaban J connectivity index is 2.18. The van der Waals surface area contributed by atoms with Crippen molar-refractivity contribution in [3.63, 3.8) is 0 Å². The van der Waals surface area contributed by atoms with Crippen LogP contribution < -0.4 is 0 Å². The van der Waals surface area contributed by atoms with Crippen LogP contribution in [-0.4, -0.2) is 26.8 Å². The van der Waals surface area contributed by atoms with Gasteiger partial charge in [0, 0.05) is 22.7 Å². The number of pyridine rings is 1. The van der Waals surface area contributed by atoms with E-state index in [2.05, 4.69) is 16.9 Å². The average molecular weight is 310 g/mol. The number of carboxylic acid groups (broad SMARTS) is 1. The number of carbonyl (C=O) groups excluding carboxylic acids is 1. The zero-order valence-electron chi connectivity index (χ0n) is 12.9. The second kappa shape index (κ2) is 6.20. The fourth-order valence-corrected chi connectivity index (χ4v) is 2.81. The fraction of sp³-hybridized carbons (Fsp3) is 0.278. The number of aromatic amines is 1. The molecule has 2 N–H and O–H groups in total. The van der Waals surface area contributed by atoms with Crippen molar-refractivity contribution < 1.29 is 14.7 Å². The summed E-state index contributed by atoms with van der Waals surface area (Å²) in [6.45, 7) is 2.07. The van der Waals surface area contributed by atoms with Crippen LogP contribution in [0.1, 0.15) is 53.6 Å². The van der Waals surface area contributed by atoms with Crippen molar-refractivity contribution >= 4 is 33.6 Å². The number of aromatic carboxylic acids is 1. The number of unbranched alkanes of at least 4 members (excludes halogenated alkanes) is 2. The van der Waals surface area contributed by atoms with Gasteiger partial charge in [-0.3, -0.25) is 4.79 Å². The molecular weight excluding hydrogens is 292 g/mol. The summed E-state index contributed by atoms with van der Waals surface area (Å²) in [6, 6.07) is 9.12. The third kappa shape index (κ3) is 2.82. The van der Waals surface area contributed by atoms with Gasteiger partial charge >= 0.3 is 5.97 Å². The zero-order valence-corrected chi connectivity index (χ0v) is 12.9. The highest BCUT2D eigenvalue weighted by Crippen LogP contribution is 2.28. The van der Waals surface area contributed by atoms with Crippen molar-refractivity contribution in [2.75, 3.05) is 0 Å². The Bertz CT molecular complexity index is 896. The molecule has 3 aromatic rings. The van der Waals surface area contributed by atoms with Crippen LogP contribution in [0.5, 0.6) is 0 Å². The normalized spacial score (nSPS) is 11.2. The summed E-state index contributed by atoms with van der Waals surface area (Å²) in [5, 5.41) is 10.9. The first-order valence-electron chi connectivity index (χ1n) is 7.79. The highest BCUT2D eigenvalue weighted by Gasteiger charge is 2.19. The lowest BCUT2D eigenvalue weighted by atomic mass is 10.1. The number of fused-ring (bicyclic) bond motifs is 3. The lowest BCUT2D eigenvalue weighted by Gasteiger charge is -2.04. The Morgan fingerprint density at radius 3 is 2.70 bits per heavy atom.